The molecule has 182 valence electrons. The zero-order valence-electron chi connectivity index (χ0n) is 17.7. The van der Waals surface area contributed by atoms with E-state index in [1.165, 1.54) is 10.9 Å². The molecule has 2 aromatic heterocycles. The number of aliphatic hydroxyl groups excluding tert-OH is 3. The number of nitrogens with two attached hydrogens (primary N) is 1. The molecule has 5 N–H and O–H groups in total. The van der Waals surface area contributed by atoms with Crippen LogP contribution in [0.3, 0.4) is 0 Å². The number of hydrogen-bond acceptors (Lipinski definition) is 13. The molecule has 0 saturated carbocycles. The van der Waals surface area contributed by atoms with Crippen LogP contribution in [0.25, 0.3) is 11.2 Å². The maximum absolute atomic E-state index is 13.6. The molecule has 0 bridgehead atoms. The van der Waals surface area contributed by atoms with Gasteiger partial charge in [-0.2, -0.15) is 14.4 Å². The molecule has 0 spiro atoms. The van der Waals surface area contributed by atoms with Crippen LogP contribution < -0.4 is 5.73 Å². The molecule has 0 radical (unpaired) electrons. The summed E-state index contributed by atoms with van der Waals surface area (Å²) >= 11 is 0.935. The molecule has 16 heteroatoms. The van der Waals surface area contributed by atoms with Crippen LogP contribution in [0.15, 0.2) is 6.33 Å². The fraction of sp³-hybridized carbons (Fsp3) is 0.647. The lowest BCUT2D eigenvalue weighted by molar-refractivity contribution is -0.119. The molecule has 13 nitrogen and oxygen atoms in total. The number of thioether (sulfide) groups is 1. The van der Waals surface area contributed by atoms with Gasteiger partial charge in [-0.3, -0.25) is 9.36 Å². The number of aromatic nitrogens is 4. The van der Waals surface area contributed by atoms with Gasteiger partial charge in [-0.25, -0.2) is 4.98 Å². The quantitative estimate of drug-likeness (QED) is 0.192. The van der Waals surface area contributed by atoms with Gasteiger partial charge in [-0.15, -0.1) is 9.05 Å². The van der Waals surface area contributed by atoms with Gasteiger partial charge in [0, 0.05) is 10.3 Å². The van der Waals surface area contributed by atoms with Crippen LogP contribution >= 0.6 is 20.0 Å². The number of aliphatic hydroxyl groups is 3. The second-order valence-electron chi connectivity index (χ2n) is 7.78. The number of carbonyl (C=O) groups is 1. The van der Waals surface area contributed by atoms with E-state index in [0.29, 0.717) is 0 Å². The molecule has 2 aromatic rings. The number of nitrogen functional groups attached to an aromatic ring is 1. The number of fused-ring (bicyclic) bond motifs is 1. The molecule has 5 atom stereocenters. The van der Waals surface area contributed by atoms with Crippen molar-refractivity contribution in [3.05, 3.63) is 12.4 Å². The van der Waals surface area contributed by atoms with Crippen molar-refractivity contribution >= 4 is 42.1 Å². The first kappa shape index (κ1) is 25.8. The molecule has 3 heterocycles. The SMILES string of the molecule is CC(C)(CO)C(=O)SCCO[P+](=O)OC[C@H]1O[C@@H](n2cnc3c(N)nc(F)nc32)[C@@H](O)[C@@H]1O. The number of anilines is 1. The second kappa shape index (κ2) is 10.6. The smallest absolute Gasteiger partial charge is 0.395 e. The molecule has 0 amide bonds. The zero-order valence-corrected chi connectivity index (χ0v) is 19.4. The van der Waals surface area contributed by atoms with E-state index in [-0.39, 0.29) is 47.7 Å². The Balaban J connectivity index is 1.51. The lowest BCUT2D eigenvalue weighted by Gasteiger charge is -2.18. The first-order valence-corrected chi connectivity index (χ1v) is 11.8. The van der Waals surface area contributed by atoms with Crippen LogP contribution in [0.2, 0.25) is 0 Å². The third-order valence-corrected chi connectivity index (χ3v) is 6.78. The highest BCUT2D eigenvalue weighted by atomic mass is 32.2. The number of imidazole rings is 1. The maximum Gasteiger partial charge on any atom is 0.697 e. The number of nitrogens with zero attached hydrogens (tertiary/aromatic N) is 4. The number of hydrogen-bond donors (Lipinski definition) is 4. The van der Waals surface area contributed by atoms with E-state index < -0.39 is 44.3 Å². The summed E-state index contributed by atoms with van der Waals surface area (Å²) in [5, 5.41) is 29.6. The molecule has 33 heavy (non-hydrogen) atoms. The van der Waals surface area contributed by atoms with E-state index in [1.54, 1.807) is 13.8 Å². The summed E-state index contributed by atoms with van der Waals surface area (Å²) in [6.07, 6.45) is -5.04. The first-order valence-electron chi connectivity index (χ1n) is 9.73. The van der Waals surface area contributed by atoms with Gasteiger partial charge in [-0.1, -0.05) is 11.8 Å². The monoisotopic (exact) mass is 508 g/mol. The van der Waals surface area contributed by atoms with E-state index >= 15 is 0 Å². The molecule has 0 aromatic carbocycles. The van der Waals surface area contributed by atoms with Gasteiger partial charge >= 0.3 is 14.3 Å². The summed E-state index contributed by atoms with van der Waals surface area (Å²) in [6.45, 7) is 2.47. The third kappa shape index (κ3) is 5.81. The van der Waals surface area contributed by atoms with Crippen LogP contribution in [-0.2, 0) is 23.1 Å². The number of halogens is 1. The molecule has 0 aliphatic carbocycles. The largest absolute Gasteiger partial charge is 0.697 e. The molecule has 1 saturated heterocycles. The van der Waals surface area contributed by atoms with Crippen molar-refractivity contribution in [1.29, 1.82) is 0 Å². The summed E-state index contributed by atoms with van der Waals surface area (Å²) in [5.41, 5.74) is 4.78. The predicted molar refractivity (Wildman–Crippen MR) is 113 cm³/mol. The summed E-state index contributed by atoms with van der Waals surface area (Å²) < 4.78 is 42.3. The zero-order chi connectivity index (χ0) is 24.3. The lowest BCUT2D eigenvalue weighted by Crippen LogP contribution is -2.33. The van der Waals surface area contributed by atoms with Crippen LogP contribution in [-0.4, -0.2) is 83.8 Å². The number of ether oxygens (including phenoxy) is 1. The first-order chi connectivity index (χ1) is 15.5. The number of rotatable bonds is 10. The van der Waals surface area contributed by atoms with Crippen LogP contribution in [0.5, 0.6) is 0 Å². The van der Waals surface area contributed by atoms with Crippen molar-refractivity contribution < 1.29 is 42.9 Å². The Labute approximate surface area is 192 Å². The van der Waals surface area contributed by atoms with E-state index in [1.807, 2.05) is 0 Å². The Hall–Kier alpha value is -1.84. The molecule has 1 fully saturated rings. The summed E-state index contributed by atoms with van der Waals surface area (Å²) in [7, 11) is -2.59. The van der Waals surface area contributed by atoms with Crippen LogP contribution in [0.4, 0.5) is 10.2 Å². The maximum atomic E-state index is 13.6. The third-order valence-electron chi connectivity index (χ3n) is 4.84. The van der Waals surface area contributed by atoms with E-state index in [0.717, 1.165) is 11.8 Å². The Morgan fingerprint density at radius 2 is 2.09 bits per heavy atom. The molecular weight excluding hydrogens is 484 g/mol. The Bertz CT molecular complexity index is 1030. The summed E-state index contributed by atoms with van der Waals surface area (Å²) in [6, 6.07) is 0. The second-order valence-corrected chi connectivity index (χ2v) is 9.81. The van der Waals surface area contributed by atoms with E-state index in [2.05, 4.69) is 15.0 Å². The van der Waals surface area contributed by atoms with Crippen molar-refractivity contribution in [2.24, 2.45) is 5.41 Å². The predicted octanol–water partition coefficient (Wildman–Crippen LogP) is 0.136. The van der Waals surface area contributed by atoms with Crippen molar-refractivity contribution in [1.82, 2.24) is 19.5 Å². The topological polar surface area (TPSA) is 192 Å². The fourth-order valence-electron chi connectivity index (χ4n) is 2.87. The minimum atomic E-state index is -2.59. The molecule has 1 unspecified atom stereocenters. The van der Waals surface area contributed by atoms with Gasteiger partial charge in [0.15, 0.2) is 28.3 Å². The molecular formula is C17H24FN5O8PS+. The summed E-state index contributed by atoms with van der Waals surface area (Å²) in [5.74, 6) is 0.00349. The van der Waals surface area contributed by atoms with Crippen molar-refractivity contribution in [2.75, 3.05) is 31.3 Å². The van der Waals surface area contributed by atoms with Crippen LogP contribution in [0.1, 0.15) is 20.1 Å². The Kier molecular flexibility index (Phi) is 8.29. The lowest BCUT2D eigenvalue weighted by atomic mass is 9.97. The Morgan fingerprint density at radius 1 is 1.36 bits per heavy atom. The van der Waals surface area contributed by atoms with Gasteiger partial charge in [0.1, 0.15) is 31.5 Å². The van der Waals surface area contributed by atoms with E-state index in [9.17, 15) is 24.0 Å². The highest BCUT2D eigenvalue weighted by molar-refractivity contribution is 8.13. The summed E-state index contributed by atoms with van der Waals surface area (Å²) in [4.78, 5) is 22.8. The standard InChI is InChI=1S/C17H24FN5O8PS/c1-17(2,6-24)15(27)33-4-3-29-32(28)30-5-8-10(25)11(26)14(31-8)23-7-20-9-12(19)21-16(18)22-13(9)23/h7-8,10-11,14,24-26H,3-6H2,1-2H3,(H2,19,21,22)/q+1/t8-,10-,11+,14-/m1/s1. The highest BCUT2D eigenvalue weighted by Gasteiger charge is 2.46. The minimum absolute atomic E-state index is 0.0383. The average molecular weight is 508 g/mol. The highest BCUT2D eigenvalue weighted by Crippen LogP contribution is 2.34. The fourth-order valence-corrected chi connectivity index (χ4v) is 4.39. The average Bonchev–Trinajstić information content (AvgIpc) is 3.30. The Morgan fingerprint density at radius 3 is 2.79 bits per heavy atom. The van der Waals surface area contributed by atoms with Crippen molar-refractivity contribution in [3.63, 3.8) is 0 Å². The van der Waals surface area contributed by atoms with Crippen molar-refractivity contribution in [2.45, 2.75) is 38.4 Å². The van der Waals surface area contributed by atoms with Gasteiger partial charge in [0.05, 0.1) is 18.3 Å². The normalized spacial score (nSPS) is 23.9. The van der Waals surface area contributed by atoms with Gasteiger partial charge < -0.3 is 25.8 Å². The number of carbonyl (C=O) groups excluding carboxylic acids is 1. The van der Waals surface area contributed by atoms with Gasteiger partial charge in [0.25, 0.3) is 0 Å². The molecule has 1 aliphatic heterocycles. The van der Waals surface area contributed by atoms with Gasteiger partial charge in [-0.05, 0) is 13.8 Å². The van der Waals surface area contributed by atoms with Crippen LogP contribution in [0, 0.1) is 11.5 Å². The molecule has 1 aliphatic rings. The van der Waals surface area contributed by atoms with E-state index in [4.69, 9.17) is 24.6 Å². The van der Waals surface area contributed by atoms with Gasteiger partial charge in [0.2, 0.25) is 0 Å². The van der Waals surface area contributed by atoms with Crippen molar-refractivity contribution in [3.8, 4) is 0 Å². The minimum Gasteiger partial charge on any atom is -0.395 e. The molecule has 3 rings (SSSR count).